The Balaban J connectivity index is 2.08. The van der Waals surface area contributed by atoms with Gasteiger partial charge in [0, 0.05) is 0 Å². The Labute approximate surface area is 101 Å². The molecule has 2 aliphatic carbocycles. The van der Waals surface area contributed by atoms with Crippen LogP contribution in [0, 0.1) is 0 Å². The summed E-state index contributed by atoms with van der Waals surface area (Å²) < 4.78 is 0. The zero-order chi connectivity index (χ0) is 11.8. The molecule has 0 radical (unpaired) electrons. The lowest BCUT2D eigenvalue weighted by Gasteiger charge is -2.14. The minimum Gasteiger partial charge on any atom is -0.294 e. The standard InChI is InChI=1S/C14H18N2O/c15-16-14(17)8-13-11-5-1-3-9(11)7-10-4-2-6-12(10)13/h7H,1-6,8,15H2,(H,16,17). The Morgan fingerprint density at radius 2 is 1.71 bits per heavy atom. The van der Waals surface area contributed by atoms with E-state index < -0.39 is 0 Å². The number of hydrazine groups is 1. The molecular formula is C14H18N2O. The van der Waals surface area contributed by atoms with E-state index in [9.17, 15) is 4.79 Å². The molecule has 3 heteroatoms. The fourth-order valence-corrected chi connectivity index (χ4v) is 3.36. The quantitative estimate of drug-likeness (QED) is 0.455. The van der Waals surface area contributed by atoms with Gasteiger partial charge in [0.2, 0.25) is 5.91 Å². The van der Waals surface area contributed by atoms with Crippen molar-refractivity contribution in [2.75, 3.05) is 0 Å². The van der Waals surface area contributed by atoms with Crippen LogP contribution in [0.15, 0.2) is 6.07 Å². The minimum atomic E-state index is -0.0700. The van der Waals surface area contributed by atoms with E-state index in [2.05, 4.69) is 11.5 Å². The molecule has 90 valence electrons. The maximum Gasteiger partial charge on any atom is 0.238 e. The van der Waals surface area contributed by atoms with Crippen LogP contribution in [0.5, 0.6) is 0 Å². The van der Waals surface area contributed by atoms with Crippen molar-refractivity contribution in [3.05, 3.63) is 33.9 Å². The number of hydrogen-bond donors (Lipinski definition) is 2. The number of benzene rings is 1. The highest BCUT2D eigenvalue weighted by Crippen LogP contribution is 2.35. The molecule has 0 spiro atoms. The van der Waals surface area contributed by atoms with Gasteiger partial charge in [0.05, 0.1) is 6.42 Å². The third-order valence-corrected chi connectivity index (χ3v) is 4.10. The number of nitrogens with two attached hydrogens (primary N) is 1. The van der Waals surface area contributed by atoms with Crippen LogP contribution < -0.4 is 11.3 Å². The summed E-state index contributed by atoms with van der Waals surface area (Å²) in [6, 6.07) is 2.38. The number of carbonyl (C=O) groups is 1. The lowest BCUT2D eigenvalue weighted by Crippen LogP contribution is -2.32. The van der Waals surface area contributed by atoms with Gasteiger partial charge in [-0.05, 0) is 66.3 Å². The SMILES string of the molecule is NNC(=O)Cc1c2c(cc3c1CCC3)CCC2. The van der Waals surface area contributed by atoms with Gasteiger partial charge in [0.15, 0.2) is 0 Å². The maximum atomic E-state index is 11.5. The summed E-state index contributed by atoms with van der Waals surface area (Å²) in [6.07, 6.45) is 7.55. The molecule has 0 aromatic heterocycles. The van der Waals surface area contributed by atoms with Crippen LogP contribution in [0.25, 0.3) is 0 Å². The Morgan fingerprint density at radius 3 is 2.24 bits per heavy atom. The number of hydrogen-bond acceptors (Lipinski definition) is 2. The summed E-state index contributed by atoms with van der Waals surface area (Å²) in [5.41, 5.74) is 9.38. The Hall–Kier alpha value is -1.35. The van der Waals surface area contributed by atoms with E-state index in [-0.39, 0.29) is 5.91 Å². The largest absolute Gasteiger partial charge is 0.294 e. The van der Waals surface area contributed by atoms with E-state index in [1.54, 1.807) is 0 Å². The molecule has 0 atom stereocenters. The van der Waals surface area contributed by atoms with Gasteiger partial charge in [0.25, 0.3) is 0 Å². The summed E-state index contributed by atoms with van der Waals surface area (Å²) in [5, 5.41) is 0. The highest BCUT2D eigenvalue weighted by molar-refractivity contribution is 5.79. The molecule has 1 aromatic rings. The summed E-state index contributed by atoms with van der Waals surface area (Å²) >= 11 is 0. The Morgan fingerprint density at radius 1 is 1.12 bits per heavy atom. The van der Waals surface area contributed by atoms with Gasteiger partial charge < -0.3 is 0 Å². The second kappa shape index (κ2) is 4.15. The van der Waals surface area contributed by atoms with Crippen LogP contribution in [-0.2, 0) is 36.9 Å². The molecule has 1 aromatic carbocycles. The zero-order valence-corrected chi connectivity index (χ0v) is 10.0. The van der Waals surface area contributed by atoms with Gasteiger partial charge in [-0.25, -0.2) is 5.84 Å². The molecule has 0 saturated carbocycles. The van der Waals surface area contributed by atoms with E-state index in [1.165, 1.54) is 53.5 Å². The van der Waals surface area contributed by atoms with Crippen LogP contribution in [0.3, 0.4) is 0 Å². The third-order valence-electron chi connectivity index (χ3n) is 4.10. The fraction of sp³-hybridized carbons (Fsp3) is 0.500. The van der Waals surface area contributed by atoms with Crippen molar-refractivity contribution < 1.29 is 4.79 Å². The van der Waals surface area contributed by atoms with E-state index in [1.807, 2.05) is 0 Å². The van der Waals surface area contributed by atoms with Crippen LogP contribution >= 0.6 is 0 Å². The van der Waals surface area contributed by atoms with Crippen molar-refractivity contribution in [1.29, 1.82) is 0 Å². The van der Waals surface area contributed by atoms with Gasteiger partial charge >= 0.3 is 0 Å². The summed E-state index contributed by atoms with van der Waals surface area (Å²) in [5.74, 6) is 5.14. The normalized spacial score (nSPS) is 16.8. The second-order valence-electron chi connectivity index (χ2n) is 5.08. The molecule has 17 heavy (non-hydrogen) atoms. The first-order valence-corrected chi connectivity index (χ1v) is 6.44. The molecule has 0 heterocycles. The van der Waals surface area contributed by atoms with Gasteiger partial charge in [0.1, 0.15) is 0 Å². The number of rotatable bonds is 2. The predicted molar refractivity (Wildman–Crippen MR) is 66.5 cm³/mol. The van der Waals surface area contributed by atoms with Crippen molar-refractivity contribution in [2.24, 2.45) is 5.84 Å². The van der Waals surface area contributed by atoms with Crippen LogP contribution in [-0.4, -0.2) is 5.91 Å². The van der Waals surface area contributed by atoms with Gasteiger partial charge in [-0.15, -0.1) is 0 Å². The molecule has 3 rings (SSSR count). The van der Waals surface area contributed by atoms with Crippen LogP contribution in [0.4, 0.5) is 0 Å². The van der Waals surface area contributed by atoms with Crippen LogP contribution in [0.2, 0.25) is 0 Å². The van der Waals surface area contributed by atoms with Crippen molar-refractivity contribution in [2.45, 2.75) is 44.9 Å². The van der Waals surface area contributed by atoms with Crippen molar-refractivity contribution >= 4 is 5.91 Å². The first kappa shape index (κ1) is 10.8. The number of nitrogens with one attached hydrogen (secondary N) is 1. The summed E-state index contributed by atoms with van der Waals surface area (Å²) in [6.45, 7) is 0. The monoisotopic (exact) mass is 230 g/mol. The van der Waals surface area contributed by atoms with Crippen LogP contribution in [0.1, 0.15) is 40.7 Å². The number of carbonyl (C=O) groups excluding carboxylic acids is 1. The molecule has 0 saturated heterocycles. The Bertz CT molecular complexity index is 447. The maximum absolute atomic E-state index is 11.5. The molecule has 0 unspecified atom stereocenters. The highest BCUT2D eigenvalue weighted by Gasteiger charge is 2.24. The smallest absolute Gasteiger partial charge is 0.238 e. The number of amides is 1. The fourth-order valence-electron chi connectivity index (χ4n) is 3.36. The van der Waals surface area contributed by atoms with E-state index in [0.29, 0.717) is 6.42 Å². The van der Waals surface area contributed by atoms with Gasteiger partial charge in [-0.1, -0.05) is 6.07 Å². The second-order valence-corrected chi connectivity index (χ2v) is 5.08. The average Bonchev–Trinajstić information content (AvgIpc) is 2.96. The lowest BCUT2D eigenvalue weighted by atomic mass is 9.92. The van der Waals surface area contributed by atoms with E-state index >= 15 is 0 Å². The molecule has 3 nitrogen and oxygen atoms in total. The van der Waals surface area contributed by atoms with Crippen molar-refractivity contribution in [1.82, 2.24) is 5.43 Å². The van der Waals surface area contributed by atoms with Crippen molar-refractivity contribution in [3.8, 4) is 0 Å². The van der Waals surface area contributed by atoms with Crippen molar-refractivity contribution in [3.63, 3.8) is 0 Å². The Kier molecular flexibility index (Phi) is 2.63. The first-order chi connectivity index (χ1) is 8.29. The first-order valence-electron chi connectivity index (χ1n) is 6.44. The molecule has 2 aliphatic rings. The summed E-state index contributed by atoms with van der Waals surface area (Å²) in [7, 11) is 0. The number of aryl methyl sites for hydroxylation is 2. The lowest BCUT2D eigenvalue weighted by molar-refractivity contribution is -0.120. The molecular weight excluding hydrogens is 212 g/mol. The number of fused-ring (bicyclic) bond motifs is 2. The minimum absolute atomic E-state index is 0.0700. The molecule has 1 amide bonds. The predicted octanol–water partition coefficient (Wildman–Crippen LogP) is 1.20. The third kappa shape index (κ3) is 1.75. The zero-order valence-electron chi connectivity index (χ0n) is 10.0. The average molecular weight is 230 g/mol. The van der Waals surface area contributed by atoms with Gasteiger partial charge in [-0.3, -0.25) is 10.2 Å². The molecule has 0 bridgehead atoms. The summed E-state index contributed by atoms with van der Waals surface area (Å²) in [4.78, 5) is 11.5. The van der Waals surface area contributed by atoms with E-state index in [4.69, 9.17) is 5.84 Å². The van der Waals surface area contributed by atoms with E-state index in [0.717, 1.165) is 12.8 Å². The molecule has 0 fully saturated rings. The topological polar surface area (TPSA) is 55.1 Å². The highest BCUT2D eigenvalue weighted by atomic mass is 16.2. The molecule has 0 aliphatic heterocycles. The molecule has 3 N–H and O–H groups in total. The van der Waals surface area contributed by atoms with Gasteiger partial charge in [-0.2, -0.15) is 0 Å².